The Hall–Kier alpha value is -2.22. The average molecular weight is 423 g/mol. The second-order valence-electron chi connectivity index (χ2n) is 7.47. The second kappa shape index (κ2) is 11.1. The normalized spacial score (nSPS) is 18.6. The van der Waals surface area contributed by atoms with Gasteiger partial charge in [0.15, 0.2) is 0 Å². The molecule has 0 aromatic heterocycles. The summed E-state index contributed by atoms with van der Waals surface area (Å²) < 4.78 is 10.5. The molecule has 0 spiro atoms. The summed E-state index contributed by atoms with van der Waals surface area (Å²) in [6, 6.07) is 8.53. The second-order valence-corrected chi connectivity index (χ2v) is 8.20. The molecule has 7 nitrogen and oxygen atoms in total. The van der Waals surface area contributed by atoms with Crippen molar-refractivity contribution in [2.45, 2.75) is 51.5 Å². The molecule has 0 N–H and O–H groups in total. The summed E-state index contributed by atoms with van der Waals surface area (Å²) in [6.07, 6.45) is -0.255. The van der Waals surface area contributed by atoms with Crippen molar-refractivity contribution in [3.8, 4) is 0 Å². The smallest absolute Gasteiger partial charge is 0.416 e. The van der Waals surface area contributed by atoms with Gasteiger partial charge in [-0.15, -0.1) is 0 Å². The number of hydrogen-bond donors (Lipinski definition) is 1. The third-order valence-corrected chi connectivity index (χ3v) is 5.06. The van der Waals surface area contributed by atoms with E-state index in [1.54, 1.807) is 6.92 Å². The summed E-state index contributed by atoms with van der Waals surface area (Å²) >= 11 is 4.45. The van der Waals surface area contributed by atoms with Gasteiger partial charge in [0.05, 0.1) is 6.61 Å². The van der Waals surface area contributed by atoms with E-state index in [4.69, 9.17) is 9.47 Å². The Morgan fingerprint density at radius 3 is 2.52 bits per heavy atom. The van der Waals surface area contributed by atoms with Crippen LogP contribution >= 0.6 is 12.6 Å². The Balaban J connectivity index is 2.09. The molecule has 1 fully saturated rings. The highest BCUT2D eigenvalue weighted by molar-refractivity contribution is 7.81. The number of imide groups is 1. The van der Waals surface area contributed by atoms with Crippen LogP contribution < -0.4 is 0 Å². The van der Waals surface area contributed by atoms with E-state index in [1.807, 2.05) is 44.2 Å². The molecule has 1 heterocycles. The molecule has 1 aromatic carbocycles. The van der Waals surface area contributed by atoms with Crippen LogP contribution in [0.2, 0.25) is 0 Å². The third-order valence-electron chi connectivity index (χ3n) is 4.69. The standard InChI is InChI=1S/C21H30N2O5S/c1-4-27-20(25)22(11-10-15(2)3)19(24)18-12-17(29)13-23(18)21(26)28-14-16-8-6-5-7-9-16/h5-9,15,17-18,29H,4,10-14H2,1-3H3/t17-,18+/m1/s1. The van der Waals surface area contributed by atoms with Crippen LogP contribution in [-0.2, 0) is 20.9 Å². The monoisotopic (exact) mass is 422 g/mol. The van der Waals surface area contributed by atoms with Crippen molar-refractivity contribution in [3.05, 3.63) is 35.9 Å². The maximum Gasteiger partial charge on any atom is 0.416 e. The first kappa shape index (κ1) is 23.1. The minimum absolute atomic E-state index is 0.114. The van der Waals surface area contributed by atoms with Crippen molar-refractivity contribution >= 4 is 30.7 Å². The fourth-order valence-electron chi connectivity index (χ4n) is 3.11. The van der Waals surface area contributed by atoms with E-state index in [1.165, 1.54) is 4.90 Å². The number of ether oxygens (including phenoxy) is 2. The van der Waals surface area contributed by atoms with Crippen LogP contribution in [0.5, 0.6) is 0 Å². The maximum atomic E-state index is 13.2. The minimum atomic E-state index is -0.794. The van der Waals surface area contributed by atoms with Crippen molar-refractivity contribution in [1.29, 1.82) is 0 Å². The maximum absolute atomic E-state index is 13.2. The van der Waals surface area contributed by atoms with Gasteiger partial charge in [-0.3, -0.25) is 9.69 Å². The predicted octanol–water partition coefficient (Wildman–Crippen LogP) is 3.73. The molecule has 0 bridgehead atoms. The molecule has 1 aliphatic heterocycles. The highest BCUT2D eigenvalue weighted by Gasteiger charge is 2.42. The average Bonchev–Trinajstić information content (AvgIpc) is 3.08. The van der Waals surface area contributed by atoms with Crippen LogP contribution in [0.15, 0.2) is 30.3 Å². The highest BCUT2D eigenvalue weighted by Crippen LogP contribution is 2.25. The number of thiol groups is 1. The first-order valence-electron chi connectivity index (χ1n) is 9.97. The number of rotatable bonds is 7. The number of carbonyl (C=O) groups is 3. The van der Waals surface area contributed by atoms with Crippen LogP contribution in [0, 0.1) is 5.92 Å². The number of benzene rings is 1. The Kier molecular flexibility index (Phi) is 8.82. The van der Waals surface area contributed by atoms with Gasteiger partial charge in [-0.05, 0) is 31.2 Å². The minimum Gasteiger partial charge on any atom is -0.449 e. The van der Waals surface area contributed by atoms with Crippen molar-refractivity contribution in [1.82, 2.24) is 9.80 Å². The molecule has 0 aliphatic carbocycles. The van der Waals surface area contributed by atoms with E-state index in [2.05, 4.69) is 12.6 Å². The quantitative estimate of drug-likeness (QED) is 0.678. The zero-order valence-corrected chi connectivity index (χ0v) is 18.1. The van der Waals surface area contributed by atoms with Crippen LogP contribution in [-0.4, -0.2) is 58.9 Å². The summed E-state index contributed by atoms with van der Waals surface area (Å²) in [4.78, 5) is 40.6. The lowest BCUT2D eigenvalue weighted by Crippen LogP contribution is -2.50. The zero-order valence-electron chi connectivity index (χ0n) is 17.2. The lowest BCUT2D eigenvalue weighted by molar-refractivity contribution is -0.134. The topological polar surface area (TPSA) is 76.2 Å². The zero-order chi connectivity index (χ0) is 21.4. The molecule has 1 aliphatic rings. The fourth-order valence-corrected chi connectivity index (χ4v) is 3.49. The summed E-state index contributed by atoms with van der Waals surface area (Å²) in [6.45, 7) is 6.54. The molecule has 8 heteroatoms. The first-order valence-corrected chi connectivity index (χ1v) is 10.5. The van der Waals surface area contributed by atoms with E-state index in [0.29, 0.717) is 18.8 Å². The van der Waals surface area contributed by atoms with Crippen LogP contribution in [0.4, 0.5) is 9.59 Å². The molecule has 29 heavy (non-hydrogen) atoms. The molecule has 2 atom stereocenters. The molecule has 3 amide bonds. The van der Waals surface area contributed by atoms with Gasteiger partial charge in [-0.1, -0.05) is 44.2 Å². The molecule has 0 radical (unpaired) electrons. The largest absolute Gasteiger partial charge is 0.449 e. The lowest BCUT2D eigenvalue weighted by atomic mass is 10.1. The van der Waals surface area contributed by atoms with E-state index >= 15 is 0 Å². The summed E-state index contributed by atoms with van der Waals surface area (Å²) in [5, 5.41) is -0.164. The first-order chi connectivity index (χ1) is 13.8. The molecule has 0 unspecified atom stereocenters. The SMILES string of the molecule is CCOC(=O)N(CCC(C)C)C(=O)[C@@H]1C[C@@H](S)CN1C(=O)OCc1ccccc1. The Labute approximate surface area is 177 Å². The lowest BCUT2D eigenvalue weighted by Gasteiger charge is -2.28. The summed E-state index contributed by atoms with van der Waals surface area (Å²) in [7, 11) is 0. The Bertz CT molecular complexity index is 698. The van der Waals surface area contributed by atoms with Gasteiger partial charge in [0.1, 0.15) is 12.6 Å². The van der Waals surface area contributed by atoms with Crippen molar-refractivity contribution in [2.24, 2.45) is 5.92 Å². The molecule has 160 valence electrons. The summed E-state index contributed by atoms with van der Waals surface area (Å²) in [5.41, 5.74) is 0.857. The number of amides is 3. The molecule has 2 rings (SSSR count). The number of nitrogens with zero attached hydrogens (tertiary/aromatic N) is 2. The molecule has 0 saturated carbocycles. The van der Waals surface area contributed by atoms with E-state index in [-0.39, 0.29) is 31.6 Å². The number of carbonyl (C=O) groups excluding carboxylic acids is 3. The van der Waals surface area contributed by atoms with Gasteiger partial charge < -0.3 is 9.47 Å². The van der Waals surface area contributed by atoms with Gasteiger partial charge in [0.25, 0.3) is 5.91 Å². The van der Waals surface area contributed by atoms with E-state index < -0.39 is 24.1 Å². The van der Waals surface area contributed by atoms with Gasteiger partial charge in [-0.25, -0.2) is 14.5 Å². The molecule has 1 aromatic rings. The molecular formula is C21H30N2O5S. The Morgan fingerprint density at radius 2 is 1.90 bits per heavy atom. The summed E-state index contributed by atoms with van der Waals surface area (Å²) in [5.74, 6) is -0.134. The molecular weight excluding hydrogens is 392 g/mol. The van der Waals surface area contributed by atoms with Crippen LogP contribution in [0.25, 0.3) is 0 Å². The van der Waals surface area contributed by atoms with Crippen LogP contribution in [0.1, 0.15) is 39.2 Å². The van der Waals surface area contributed by atoms with Gasteiger partial charge in [0, 0.05) is 18.3 Å². The van der Waals surface area contributed by atoms with E-state index in [0.717, 1.165) is 10.5 Å². The Morgan fingerprint density at radius 1 is 1.21 bits per heavy atom. The predicted molar refractivity (Wildman–Crippen MR) is 113 cm³/mol. The van der Waals surface area contributed by atoms with Gasteiger partial charge in [-0.2, -0.15) is 12.6 Å². The number of hydrogen-bond acceptors (Lipinski definition) is 6. The van der Waals surface area contributed by atoms with Crippen molar-refractivity contribution in [2.75, 3.05) is 19.7 Å². The highest BCUT2D eigenvalue weighted by atomic mass is 32.1. The van der Waals surface area contributed by atoms with E-state index in [9.17, 15) is 14.4 Å². The fraction of sp³-hybridized carbons (Fsp3) is 0.571. The van der Waals surface area contributed by atoms with Crippen molar-refractivity contribution < 1.29 is 23.9 Å². The number of likely N-dealkylation sites (tertiary alicyclic amines) is 1. The third kappa shape index (κ3) is 6.66. The van der Waals surface area contributed by atoms with Gasteiger partial charge >= 0.3 is 12.2 Å². The van der Waals surface area contributed by atoms with Crippen molar-refractivity contribution in [3.63, 3.8) is 0 Å². The van der Waals surface area contributed by atoms with Crippen LogP contribution in [0.3, 0.4) is 0 Å². The van der Waals surface area contributed by atoms with Gasteiger partial charge in [0.2, 0.25) is 0 Å². The molecule has 1 saturated heterocycles.